The first-order valence-corrected chi connectivity index (χ1v) is 11.9. The fourth-order valence-electron chi connectivity index (χ4n) is 4.65. The molecule has 3 heterocycles. The number of aromatic amines is 1. The van der Waals surface area contributed by atoms with Crippen LogP contribution < -0.4 is 14.2 Å². The molecule has 0 atom stereocenters. The van der Waals surface area contributed by atoms with Gasteiger partial charge in [-0.2, -0.15) is 5.26 Å². The standard InChI is InChI=1S/C28H26N4O5/c1-35-25-6-3-17(13-26(25)36-2)20-12-22-23(16-31-27(22)30-15-20)18-4-5-24(19(11-18)14-29)37-21-7-9-32(10-8-21)28(33)34/h3-6,11-13,15-16,21H,7-10H2,1-2H3,(H,30,31)(H,33,34). The number of nitrogens with one attached hydrogen (secondary N) is 1. The van der Waals surface area contributed by atoms with Crippen LogP contribution in [0.15, 0.2) is 54.9 Å². The second-order valence-corrected chi connectivity index (χ2v) is 8.80. The third-order valence-corrected chi connectivity index (χ3v) is 6.67. The molecule has 188 valence electrons. The van der Waals surface area contributed by atoms with Crippen LogP contribution in [0.2, 0.25) is 0 Å². The van der Waals surface area contributed by atoms with Crippen LogP contribution in [0.3, 0.4) is 0 Å². The molecule has 0 unspecified atom stereocenters. The van der Waals surface area contributed by atoms with Crippen molar-refractivity contribution in [3.8, 4) is 45.6 Å². The van der Waals surface area contributed by atoms with Crippen LogP contribution in [0.25, 0.3) is 33.3 Å². The van der Waals surface area contributed by atoms with Crippen molar-refractivity contribution in [1.29, 1.82) is 5.26 Å². The summed E-state index contributed by atoms with van der Waals surface area (Å²) in [5.41, 5.74) is 4.81. The molecule has 1 saturated heterocycles. The number of hydrogen-bond donors (Lipinski definition) is 2. The topological polar surface area (TPSA) is 121 Å². The summed E-state index contributed by atoms with van der Waals surface area (Å²) < 4.78 is 16.9. The molecular formula is C28H26N4O5. The van der Waals surface area contributed by atoms with Crippen molar-refractivity contribution >= 4 is 17.1 Å². The number of nitriles is 1. The van der Waals surface area contributed by atoms with Crippen LogP contribution >= 0.6 is 0 Å². The maximum Gasteiger partial charge on any atom is 0.407 e. The maximum absolute atomic E-state index is 11.1. The van der Waals surface area contributed by atoms with Gasteiger partial charge in [0.1, 0.15) is 23.6 Å². The van der Waals surface area contributed by atoms with Gasteiger partial charge in [0.05, 0.1) is 19.8 Å². The molecule has 2 aromatic carbocycles. The number of fused-ring (bicyclic) bond motifs is 1. The van der Waals surface area contributed by atoms with Crippen LogP contribution in [0.4, 0.5) is 4.79 Å². The number of carbonyl (C=O) groups is 1. The van der Waals surface area contributed by atoms with Gasteiger partial charge in [0.15, 0.2) is 11.5 Å². The van der Waals surface area contributed by atoms with Gasteiger partial charge in [-0.05, 0) is 41.5 Å². The lowest BCUT2D eigenvalue weighted by Gasteiger charge is -2.30. The highest BCUT2D eigenvalue weighted by Gasteiger charge is 2.24. The lowest BCUT2D eigenvalue weighted by atomic mass is 10.0. The molecule has 1 amide bonds. The monoisotopic (exact) mass is 498 g/mol. The number of rotatable bonds is 6. The van der Waals surface area contributed by atoms with E-state index < -0.39 is 6.09 Å². The Labute approximate surface area is 213 Å². The van der Waals surface area contributed by atoms with Crippen LogP contribution in [-0.2, 0) is 0 Å². The number of methoxy groups -OCH3 is 2. The molecule has 9 nitrogen and oxygen atoms in total. The molecule has 0 bridgehead atoms. The fourth-order valence-corrected chi connectivity index (χ4v) is 4.65. The summed E-state index contributed by atoms with van der Waals surface area (Å²) in [4.78, 5) is 20.3. The minimum atomic E-state index is -0.914. The van der Waals surface area contributed by atoms with E-state index in [1.165, 1.54) is 4.90 Å². The van der Waals surface area contributed by atoms with Gasteiger partial charge in [0.25, 0.3) is 0 Å². The summed E-state index contributed by atoms with van der Waals surface area (Å²) in [5.74, 6) is 1.79. The van der Waals surface area contributed by atoms with Gasteiger partial charge in [-0.3, -0.25) is 0 Å². The van der Waals surface area contributed by atoms with Gasteiger partial charge in [-0.1, -0.05) is 12.1 Å². The molecule has 2 N–H and O–H groups in total. The first-order valence-electron chi connectivity index (χ1n) is 11.9. The fraction of sp³-hybridized carbons (Fsp3) is 0.250. The van der Waals surface area contributed by atoms with Crippen LogP contribution in [0.1, 0.15) is 18.4 Å². The van der Waals surface area contributed by atoms with E-state index in [2.05, 4.69) is 22.1 Å². The second-order valence-electron chi connectivity index (χ2n) is 8.80. The van der Waals surface area contributed by atoms with Gasteiger partial charge in [-0.15, -0.1) is 0 Å². The van der Waals surface area contributed by atoms with Crippen molar-refractivity contribution in [2.45, 2.75) is 18.9 Å². The molecule has 37 heavy (non-hydrogen) atoms. The quantitative estimate of drug-likeness (QED) is 0.370. The number of carboxylic acid groups (broad SMARTS) is 1. The van der Waals surface area contributed by atoms with E-state index in [0.717, 1.165) is 33.3 Å². The Kier molecular flexibility index (Phi) is 6.56. The number of likely N-dealkylation sites (tertiary alicyclic amines) is 1. The highest BCUT2D eigenvalue weighted by molar-refractivity contribution is 5.96. The zero-order valence-corrected chi connectivity index (χ0v) is 20.5. The maximum atomic E-state index is 11.1. The molecule has 0 radical (unpaired) electrons. The smallest absolute Gasteiger partial charge is 0.407 e. The Morgan fingerprint density at radius 2 is 1.76 bits per heavy atom. The SMILES string of the molecule is COc1ccc(-c2cnc3[nH]cc(-c4ccc(OC5CCN(C(=O)O)CC5)c(C#N)c4)c3c2)cc1OC. The minimum absolute atomic E-state index is 0.130. The number of nitrogens with zero attached hydrogens (tertiary/aromatic N) is 3. The molecule has 0 spiro atoms. The molecule has 2 aromatic heterocycles. The van der Waals surface area contributed by atoms with E-state index in [0.29, 0.717) is 48.7 Å². The summed E-state index contributed by atoms with van der Waals surface area (Å²) in [6.07, 6.45) is 3.82. The van der Waals surface area contributed by atoms with Gasteiger partial charge < -0.3 is 29.2 Å². The summed E-state index contributed by atoms with van der Waals surface area (Å²) >= 11 is 0. The summed E-state index contributed by atoms with van der Waals surface area (Å²) in [5, 5.41) is 19.9. The lowest BCUT2D eigenvalue weighted by molar-refractivity contribution is 0.0893. The highest BCUT2D eigenvalue weighted by atomic mass is 16.5. The van der Waals surface area contributed by atoms with E-state index >= 15 is 0 Å². The minimum Gasteiger partial charge on any atom is -0.493 e. The third kappa shape index (κ3) is 4.74. The van der Waals surface area contributed by atoms with Crippen molar-refractivity contribution in [3.05, 3.63) is 60.4 Å². The zero-order valence-electron chi connectivity index (χ0n) is 20.5. The predicted molar refractivity (Wildman–Crippen MR) is 138 cm³/mol. The van der Waals surface area contributed by atoms with E-state index in [9.17, 15) is 10.1 Å². The molecular weight excluding hydrogens is 472 g/mol. The van der Waals surface area contributed by atoms with E-state index in [1.807, 2.05) is 42.6 Å². The van der Waals surface area contributed by atoms with E-state index in [-0.39, 0.29) is 6.10 Å². The Bertz CT molecular complexity index is 1500. The van der Waals surface area contributed by atoms with Crippen molar-refractivity contribution in [1.82, 2.24) is 14.9 Å². The normalized spacial score (nSPS) is 13.8. The molecule has 9 heteroatoms. The van der Waals surface area contributed by atoms with E-state index in [4.69, 9.17) is 19.3 Å². The molecule has 4 aromatic rings. The molecule has 5 rings (SSSR count). The average Bonchev–Trinajstić information content (AvgIpc) is 3.36. The number of hydrogen-bond acceptors (Lipinski definition) is 6. The van der Waals surface area contributed by atoms with Crippen LogP contribution in [-0.4, -0.2) is 59.5 Å². The van der Waals surface area contributed by atoms with Crippen LogP contribution in [0.5, 0.6) is 17.2 Å². The van der Waals surface area contributed by atoms with Crippen LogP contribution in [0, 0.1) is 11.3 Å². The predicted octanol–water partition coefficient (Wildman–Crippen LogP) is 5.31. The number of ether oxygens (including phenoxy) is 3. The highest BCUT2D eigenvalue weighted by Crippen LogP contribution is 2.36. The number of aromatic nitrogens is 2. The molecule has 1 aliphatic heterocycles. The summed E-state index contributed by atoms with van der Waals surface area (Å²) in [6, 6.07) is 15.6. The van der Waals surface area contributed by atoms with Crippen molar-refractivity contribution in [2.75, 3.05) is 27.3 Å². The van der Waals surface area contributed by atoms with Gasteiger partial charge in [0, 0.05) is 54.8 Å². The Morgan fingerprint density at radius 1 is 1.03 bits per heavy atom. The number of amides is 1. The first-order chi connectivity index (χ1) is 18.0. The van der Waals surface area contributed by atoms with Crippen molar-refractivity contribution in [2.24, 2.45) is 0 Å². The number of pyridine rings is 1. The second kappa shape index (κ2) is 10.1. The number of H-pyrrole nitrogens is 1. The number of piperidine rings is 1. The molecule has 1 fully saturated rings. The molecule has 1 aliphatic rings. The Hall–Kier alpha value is -4.71. The Balaban J connectivity index is 1.43. The summed E-state index contributed by atoms with van der Waals surface area (Å²) in [6.45, 7) is 0.843. The average molecular weight is 499 g/mol. The van der Waals surface area contributed by atoms with Crippen molar-refractivity contribution in [3.63, 3.8) is 0 Å². The molecule has 0 saturated carbocycles. The number of benzene rings is 2. The van der Waals surface area contributed by atoms with E-state index in [1.54, 1.807) is 20.4 Å². The zero-order chi connectivity index (χ0) is 25.9. The molecule has 0 aliphatic carbocycles. The van der Waals surface area contributed by atoms with Gasteiger partial charge >= 0.3 is 6.09 Å². The first kappa shape index (κ1) is 24.0. The van der Waals surface area contributed by atoms with Crippen molar-refractivity contribution < 1.29 is 24.1 Å². The Morgan fingerprint density at radius 3 is 2.46 bits per heavy atom. The lowest BCUT2D eigenvalue weighted by Crippen LogP contribution is -2.41. The summed E-state index contributed by atoms with van der Waals surface area (Å²) in [7, 11) is 3.21. The van der Waals surface area contributed by atoms with Gasteiger partial charge in [0.2, 0.25) is 0 Å². The third-order valence-electron chi connectivity index (χ3n) is 6.67. The van der Waals surface area contributed by atoms with Gasteiger partial charge in [-0.25, -0.2) is 9.78 Å². The largest absolute Gasteiger partial charge is 0.493 e.